The van der Waals surface area contributed by atoms with Crippen molar-refractivity contribution in [3.63, 3.8) is 0 Å². The zero-order valence-electron chi connectivity index (χ0n) is 12.0. The topological polar surface area (TPSA) is 24.5 Å². The van der Waals surface area contributed by atoms with Gasteiger partial charge in [0.2, 0.25) is 0 Å². The van der Waals surface area contributed by atoms with Crippen molar-refractivity contribution in [2.45, 2.75) is 51.6 Å². The summed E-state index contributed by atoms with van der Waals surface area (Å²) in [5, 5.41) is 3.45. The summed E-state index contributed by atoms with van der Waals surface area (Å²) in [4.78, 5) is 2.62. The smallest absolute Gasteiger partial charge is 0.0702 e. The molecule has 0 aromatic rings. The number of piperidine rings is 2. The molecule has 0 aromatic heterocycles. The Kier molecular flexibility index (Phi) is 6.46. The van der Waals surface area contributed by atoms with E-state index in [-0.39, 0.29) is 0 Å². The lowest BCUT2D eigenvalue weighted by Crippen LogP contribution is -2.40. The molecule has 0 bridgehead atoms. The van der Waals surface area contributed by atoms with Gasteiger partial charge < -0.3 is 15.0 Å². The number of ether oxygens (including phenoxy) is 1. The first-order valence-electron chi connectivity index (χ1n) is 7.93. The molecule has 3 nitrogen and oxygen atoms in total. The van der Waals surface area contributed by atoms with Gasteiger partial charge in [-0.3, -0.25) is 0 Å². The Labute approximate surface area is 112 Å². The predicted octanol–water partition coefficient (Wildman–Crippen LogP) is 2.27. The second kappa shape index (κ2) is 8.13. The number of nitrogens with zero attached hydrogens (tertiary/aromatic N) is 1. The third-order valence-corrected chi connectivity index (χ3v) is 4.41. The summed E-state index contributed by atoms with van der Waals surface area (Å²) in [6.07, 6.45) is 8.67. The van der Waals surface area contributed by atoms with Crippen LogP contribution >= 0.6 is 0 Å². The second-order valence-electron chi connectivity index (χ2n) is 5.86. The molecule has 1 atom stereocenters. The van der Waals surface area contributed by atoms with Crippen LogP contribution in [0.4, 0.5) is 0 Å². The van der Waals surface area contributed by atoms with Crippen molar-refractivity contribution >= 4 is 0 Å². The lowest BCUT2D eigenvalue weighted by molar-refractivity contribution is 0.00527. The number of nitrogens with one attached hydrogen (secondary N) is 1. The van der Waals surface area contributed by atoms with Crippen LogP contribution in [-0.2, 0) is 4.74 Å². The van der Waals surface area contributed by atoms with Gasteiger partial charge in [0, 0.05) is 13.2 Å². The summed E-state index contributed by atoms with van der Waals surface area (Å²) in [6.45, 7) is 9.19. The molecule has 0 radical (unpaired) electrons. The van der Waals surface area contributed by atoms with Crippen LogP contribution in [0, 0.1) is 5.92 Å². The second-order valence-corrected chi connectivity index (χ2v) is 5.86. The molecule has 2 fully saturated rings. The minimum absolute atomic E-state index is 0.502. The Morgan fingerprint density at radius 1 is 1.22 bits per heavy atom. The normalized spacial score (nSPS) is 27.5. The summed E-state index contributed by atoms with van der Waals surface area (Å²) in [5.74, 6) is 0.985. The summed E-state index contributed by atoms with van der Waals surface area (Å²) in [5.41, 5.74) is 0. The van der Waals surface area contributed by atoms with Crippen LogP contribution in [0.2, 0.25) is 0 Å². The van der Waals surface area contributed by atoms with E-state index in [0.29, 0.717) is 6.10 Å². The summed E-state index contributed by atoms with van der Waals surface area (Å²) in [7, 11) is 0. The van der Waals surface area contributed by atoms with E-state index in [4.69, 9.17) is 4.74 Å². The highest BCUT2D eigenvalue weighted by molar-refractivity contribution is 4.74. The zero-order valence-corrected chi connectivity index (χ0v) is 12.0. The minimum Gasteiger partial charge on any atom is -0.377 e. The highest BCUT2D eigenvalue weighted by Crippen LogP contribution is 2.19. The van der Waals surface area contributed by atoms with Gasteiger partial charge in [-0.25, -0.2) is 0 Å². The quantitative estimate of drug-likeness (QED) is 0.787. The van der Waals surface area contributed by atoms with Gasteiger partial charge in [0.1, 0.15) is 0 Å². The zero-order chi connectivity index (χ0) is 12.6. The van der Waals surface area contributed by atoms with E-state index in [1.165, 1.54) is 71.2 Å². The first-order chi connectivity index (χ1) is 8.88. The molecule has 1 unspecified atom stereocenters. The van der Waals surface area contributed by atoms with E-state index < -0.39 is 0 Å². The molecule has 0 saturated carbocycles. The molecule has 106 valence electrons. The molecule has 2 aliphatic rings. The molecule has 2 heterocycles. The Morgan fingerprint density at radius 2 is 2.06 bits per heavy atom. The highest BCUT2D eigenvalue weighted by Gasteiger charge is 2.20. The maximum Gasteiger partial charge on any atom is 0.0702 e. The molecule has 2 saturated heterocycles. The van der Waals surface area contributed by atoms with Crippen molar-refractivity contribution in [2.24, 2.45) is 5.92 Å². The first kappa shape index (κ1) is 14.3. The van der Waals surface area contributed by atoms with Gasteiger partial charge in [-0.1, -0.05) is 0 Å². The predicted molar refractivity (Wildman–Crippen MR) is 75.9 cm³/mol. The van der Waals surface area contributed by atoms with Crippen molar-refractivity contribution in [3.8, 4) is 0 Å². The SMILES string of the molecule is CCOC1CCCN(CCCC2CCNCC2)C1. The fraction of sp³-hybridized carbons (Fsp3) is 1.00. The Morgan fingerprint density at radius 3 is 2.83 bits per heavy atom. The van der Waals surface area contributed by atoms with Crippen LogP contribution in [-0.4, -0.2) is 50.3 Å². The summed E-state index contributed by atoms with van der Waals surface area (Å²) >= 11 is 0. The minimum atomic E-state index is 0.502. The van der Waals surface area contributed by atoms with Gasteiger partial charge in [-0.05, 0) is 77.5 Å². The molecule has 3 heteroatoms. The Balaban J connectivity index is 1.57. The average molecular weight is 254 g/mol. The van der Waals surface area contributed by atoms with Crippen LogP contribution in [0.25, 0.3) is 0 Å². The van der Waals surface area contributed by atoms with Gasteiger partial charge in [0.15, 0.2) is 0 Å². The van der Waals surface area contributed by atoms with Crippen molar-refractivity contribution in [1.82, 2.24) is 10.2 Å². The van der Waals surface area contributed by atoms with E-state index in [9.17, 15) is 0 Å². The van der Waals surface area contributed by atoms with Crippen molar-refractivity contribution in [2.75, 3.05) is 39.3 Å². The van der Waals surface area contributed by atoms with E-state index in [1.54, 1.807) is 0 Å². The lowest BCUT2D eigenvalue weighted by atomic mass is 9.93. The fourth-order valence-corrected chi connectivity index (χ4v) is 3.36. The monoisotopic (exact) mass is 254 g/mol. The Hall–Kier alpha value is -0.120. The van der Waals surface area contributed by atoms with Crippen LogP contribution in [0.1, 0.15) is 45.4 Å². The Bertz CT molecular complexity index is 215. The lowest BCUT2D eigenvalue weighted by Gasteiger charge is -2.33. The van der Waals surface area contributed by atoms with E-state index in [1.807, 2.05) is 0 Å². The van der Waals surface area contributed by atoms with Crippen molar-refractivity contribution < 1.29 is 4.74 Å². The molecule has 2 rings (SSSR count). The fourth-order valence-electron chi connectivity index (χ4n) is 3.36. The van der Waals surface area contributed by atoms with Gasteiger partial charge >= 0.3 is 0 Å². The average Bonchev–Trinajstić information content (AvgIpc) is 2.41. The maximum absolute atomic E-state index is 5.76. The third-order valence-electron chi connectivity index (χ3n) is 4.41. The van der Waals surface area contributed by atoms with Crippen LogP contribution in [0.5, 0.6) is 0 Å². The maximum atomic E-state index is 5.76. The van der Waals surface area contributed by atoms with Crippen LogP contribution in [0.3, 0.4) is 0 Å². The number of rotatable bonds is 6. The van der Waals surface area contributed by atoms with Crippen molar-refractivity contribution in [1.29, 1.82) is 0 Å². The van der Waals surface area contributed by atoms with E-state index in [2.05, 4.69) is 17.1 Å². The van der Waals surface area contributed by atoms with Gasteiger partial charge in [-0.2, -0.15) is 0 Å². The molecule has 18 heavy (non-hydrogen) atoms. The summed E-state index contributed by atoms with van der Waals surface area (Å²) in [6, 6.07) is 0. The highest BCUT2D eigenvalue weighted by atomic mass is 16.5. The molecular formula is C15H30N2O. The van der Waals surface area contributed by atoms with E-state index in [0.717, 1.165) is 12.5 Å². The summed E-state index contributed by atoms with van der Waals surface area (Å²) < 4.78 is 5.76. The molecule has 1 N–H and O–H groups in total. The molecule has 0 spiro atoms. The molecule has 0 aromatic carbocycles. The van der Waals surface area contributed by atoms with Crippen LogP contribution in [0.15, 0.2) is 0 Å². The number of hydrogen-bond acceptors (Lipinski definition) is 3. The molecule has 2 aliphatic heterocycles. The molecule has 0 aliphatic carbocycles. The van der Waals surface area contributed by atoms with E-state index >= 15 is 0 Å². The standard InChI is InChI=1S/C15H30N2O/c1-2-18-15-6-4-12-17(13-15)11-3-5-14-7-9-16-10-8-14/h14-16H,2-13H2,1H3. The van der Waals surface area contributed by atoms with Gasteiger partial charge in [-0.15, -0.1) is 0 Å². The van der Waals surface area contributed by atoms with Crippen LogP contribution < -0.4 is 5.32 Å². The molecule has 0 amide bonds. The number of likely N-dealkylation sites (tertiary alicyclic amines) is 1. The third kappa shape index (κ3) is 4.87. The van der Waals surface area contributed by atoms with Crippen molar-refractivity contribution in [3.05, 3.63) is 0 Å². The van der Waals surface area contributed by atoms with Gasteiger partial charge in [0.05, 0.1) is 6.10 Å². The number of hydrogen-bond donors (Lipinski definition) is 1. The first-order valence-corrected chi connectivity index (χ1v) is 7.93. The molecular weight excluding hydrogens is 224 g/mol. The largest absolute Gasteiger partial charge is 0.377 e. The van der Waals surface area contributed by atoms with Gasteiger partial charge in [0.25, 0.3) is 0 Å².